The number of ketones is 1. The van der Waals surface area contributed by atoms with Gasteiger partial charge in [0, 0.05) is 25.0 Å². The van der Waals surface area contributed by atoms with Crippen molar-refractivity contribution in [2.45, 2.75) is 19.2 Å². The molecule has 90 valence electrons. The Kier molecular flexibility index (Phi) is 3.74. The summed E-state index contributed by atoms with van der Waals surface area (Å²) in [5, 5.41) is 0. The van der Waals surface area contributed by atoms with Crippen molar-refractivity contribution in [3.63, 3.8) is 0 Å². The number of aryl methyl sites for hydroxylation is 1. The van der Waals surface area contributed by atoms with Gasteiger partial charge in [-0.2, -0.15) is 13.2 Å². The number of Topliss-reactive ketones (excluding diaryl/α,β-unsaturated/α-hetero) is 1. The topological polar surface area (TPSA) is 31.2 Å². The third-order valence-corrected chi connectivity index (χ3v) is 2.08. The number of hydrogen-bond donors (Lipinski definition) is 0. The van der Waals surface area contributed by atoms with Crippen LogP contribution in [0.25, 0.3) is 0 Å². The predicted octanol–water partition coefficient (Wildman–Crippen LogP) is 2.18. The van der Waals surface area contributed by atoms with E-state index in [4.69, 9.17) is 0 Å². The summed E-state index contributed by atoms with van der Waals surface area (Å²) >= 11 is 0. The van der Waals surface area contributed by atoms with E-state index in [-0.39, 0.29) is 0 Å². The van der Waals surface area contributed by atoms with E-state index in [2.05, 4.69) is 4.74 Å². The molecule has 0 aromatic carbocycles. The van der Waals surface area contributed by atoms with Crippen molar-refractivity contribution in [2.75, 3.05) is 6.61 Å². The number of carbonyl (C=O) groups is 1. The van der Waals surface area contributed by atoms with Crippen LogP contribution in [-0.2, 0) is 11.8 Å². The molecule has 0 aliphatic rings. The molecule has 1 rings (SSSR count). The Labute approximate surface area is 90.8 Å². The summed E-state index contributed by atoms with van der Waals surface area (Å²) in [5.74, 6) is -0.461. The van der Waals surface area contributed by atoms with Gasteiger partial charge in [0.2, 0.25) is 0 Å². The number of nitrogens with zero attached hydrogens (tertiary/aromatic N) is 1. The number of hydrogen-bond acceptors (Lipinski definition) is 2. The molecule has 1 aromatic heterocycles. The Hall–Kier alpha value is -1.30. The molecule has 0 spiro atoms. The van der Waals surface area contributed by atoms with Crippen molar-refractivity contribution in [2.24, 2.45) is 7.05 Å². The molecular formula is C10H12F3NO2. The van der Waals surface area contributed by atoms with Crippen molar-refractivity contribution in [3.05, 3.63) is 24.0 Å². The largest absolute Gasteiger partial charge is 0.414 e. The minimum absolute atomic E-state index is 0.344. The van der Waals surface area contributed by atoms with Crippen molar-refractivity contribution >= 4 is 5.78 Å². The second-order valence-corrected chi connectivity index (χ2v) is 3.48. The molecule has 0 saturated carbocycles. The molecule has 16 heavy (non-hydrogen) atoms. The van der Waals surface area contributed by atoms with Crippen LogP contribution in [0.2, 0.25) is 0 Å². The molecule has 1 atom stereocenters. The van der Waals surface area contributed by atoms with E-state index in [0.29, 0.717) is 5.56 Å². The molecule has 1 unspecified atom stereocenters. The van der Waals surface area contributed by atoms with E-state index < -0.39 is 24.7 Å². The SMILES string of the molecule is CC(OCC(=O)c1ccn(C)c1)C(F)(F)F. The summed E-state index contributed by atoms with van der Waals surface area (Å²) in [5.41, 5.74) is 0.344. The normalized spacial score (nSPS) is 13.8. The van der Waals surface area contributed by atoms with Gasteiger partial charge >= 0.3 is 6.18 Å². The summed E-state index contributed by atoms with van der Waals surface area (Å²) < 4.78 is 42.3. The first-order valence-electron chi connectivity index (χ1n) is 4.64. The maximum Gasteiger partial charge on any atom is 0.414 e. The van der Waals surface area contributed by atoms with Gasteiger partial charge in [-0.15, -0.1) is 0 Å². The van der Waals surface area contributed by atoms with E-state index >= 15 is 0 Å². The standard InChI is InChI=1S/C10H12F3NO2/c1-7(10(11,12)13)16-6-9(15)8-3-4-14(2)5-8/h3-5,7H,6H2,1-2H3. The van der Waals surface area contributed by atoms with Gasteiger partial charge in [0.05, 0.1) is 0 Å². The van der Waals surface area contributed by atoms with Gasteiger partial charge in [-0.05, 0) is 13.0 Å². The van der Waals surface area contributed by atoms with E-state index in [9.17, 15) is 18.0 Å². The minimum atomic E-state index is -4.43. The van der Waals surface area contributed by atoms with Gasteiger partial charge in [-0.3, -0.25) is 4.79 Å². The average Bonchev–Trinajstić information content (AvgIpc) is 2.59. The first-order chi connectivity index (χ1) is 7.30. The summed E-state index contributed by atoms with van der Waals surface area (Å²) in [6.45, 7) is 0.308. The van der Waals surface area contributed by atoms with E-state index in [0.717, 1.165) is 6.92 Å². The molecular weight excluding hydrogens is 223 g/mol. The average molecular weight is 235 g/mol. The van der Waals surface area contributed by atoms with Crippen molar-refractivity contribution in [3.8, 4) is 0 Å². The van der Waals surface area contributed by atoms with Crippen LogP contribution < -0.4 is 0 Å². The number of rotatable bonds is 4. The van der Waals surface area contributed by atoms with Crippen molar-refractivity contribution in [1.82, 2.24) is 4.57 Å². The van der Waals surface area contributed by atoms with Crippen LogP contribution in [0, 0.1) is 0 Å². The second kappa shape index (κ2) is 4.69. The number of ether oxygens (including phenoxy) is 1. The zero-order valence-corrected chi connectivity index (χ0v) is 8.91. The van der Waals surface area contributed by atoms with Gasteiger partial charge in [-0.1, -0.05) is 0 Å². The zero-order valence-electron chi connectivity index (χ0n) is 8.91. The Morgan fingerprint density at radius 3 is 2.62 bits per heavy atom. The van der Waals surface area contributed by atoms with Gasteiger partial charge < -0.3 is 9.30 Å². The fourth-order valence-electron chi connectivity index (χ4n) is 1.05. The first-order valence-corrected chi connectivity index (χ1v) is 4.64. The highest BCUT2D eigenvalue weighted by atomic mass is 19.4. The van der Waals surface area contributed by atoms with Crippen LogP contribution in [0.4, 0.5) is 13.2 Å². The molecule has 0 radical (unpaired) electrons. The highest BCUT2D eigenvalue weighted by molar-refractivity contribution is 5.96. The Morgan fingerprint density at radius 2 is 2.19 bits per heavy atom. The lowest BCUT2D eigenvalue weighted by molar-refractivity contribution is -0.210. The lowest BCUT2D eigenvalue weighted by Gasteiger charge is -2.15. The molecule has 3 nitrogen and oxygen atoms in total. The third-order valence-electron chi connectivity index (χ3n) is 2.08. The van der Waals surface area contributed by atoms with Crippen LogP contribution in [0.3, 0.4) is 0 Å². The monoisotopic (exact) mass is 235 g/mol. The van der Waals surface area contributed by atoms with Crippen LogP contribution >= 0.6 is 0 Å². The summed E-state index contributed by atoms with van der Waals surface area (Å²) in [4.78, 5) is 11.4. The first kappa shape index (κ1) is 12.8. The number of alkyl halides is 3. The van der Waals surface area contributed by atoms with Crippen LogP contribution in [-0.4, -0.2) is 29.2 Å². The summed E-state index contributed by atoms with van der Waals surface area (Å²) in [6, 6.07) is 1.53. The van der Waals surface area contributed by atoms with Crippen LogP contribution in [0.15, 0.2) is 18.5 Å². The van der Waals surface area contributed by atoms with Gasteiger partial charge in [-0.25, -0.2) is 0 Å². The molecule has 0 saturated heterocycles. The lowest BCUT2D eigenvalue weighted by Crippen LogP contribution is -2.30. The minimum Gasteiger partial charge on any atom is -0.361 e. The Morgan fingerprint density at radius 1 is 1.56 bits per heavy atom. The molecule has 0 N–H and O–H groups in total. The molecule has 0 aliphatic carbocycles. The van der Waals surface area contributed by atoms with Crippen molar-refractivity contribution < 1.29 is 22.7 Å². The summed E-state index contributed by atoms with van der Waals surface area (Å²) in [7, 11) is 1.72. The van der Waals surface area contributed by atoms with Gasteiger partial charge in [0.1, 0.15) is 6.61 Å². The van der Waals surface area contributed by atoms with E-state index in [1.165, 1.54) is 12.3 Å². The molecule has 6 heteroatoms. The Balaban J connectivity index is 2.48. The molecule has 0 bridgehead atoms. The molecule has 0 fully saturated rings. The number of aromatic nitrogens is 1. The number of halogens is 3. The Bertz CT molecular complexity index is 370. The smallest absolute Gasteiger partial charge is 0.361 e. The predicted molar refractivity (Wildman–Crippen MR) is 51.2 cm³/mol. The second-order valence-electron chi connectivity index (χ2n) is 3.48. The van der Waals surface area contributed by atoms with Crippen LogP contribution in [0.5, 0.6) is 0 Å². The highest BCUT2D eigenvalue weighted by Gasteiger charge is 2.37. The van der Waals surface area contributed by atoms with Gasteiger partial charge in [0.15, 0.2) is 11.9 Å². The zero-order chi connectivity index (χ0) is 12.3. The fourth-order valence-corrected chi connectivity index (χ4v) is 1.05. The van der Waals surface area contributed by atoms with Crippen LogP contribution in [0.1, 0.15) is 17.3 Å². The molecule has 1 aromatic rings. The molecule has 0 amide bonds. The molecule has 0 aliphatic heterocycles. The maximum atomic E-state index is 12.1. The molecule has 1 heterocycles. The summed E-state index contributed by atoms with van der Waals surface area (Å²) in [6.07, 6.45) is -3.19. The van der Waals surface area contributed by atoms with Crippen molar-refractivity contribution in [1.29, 1.82) is 0 Å². The quantitative estimate of drug-likeness (QED) is 0.749. The maximum absolute atomic E-state index is 12.1. The van der Waals surface area contributed by atoms with E-state index in [1.54, 1.807) is 17.8 Å². The number of carbonyl (C=O) groups excluding carboxylic acids is 1. The van der Waals surface area contributed by atoms with Gasteiger partial charge in [0.25, 0.3) is 0 Å². The van der Waals surface area contributed by atoms with E-state index in [1.807, 2.05) is 0 Å². The fraction of sp³-hybridized carbons (Fsp3) is 0.500. The third kappa shape index (κ3) is 3.37. The lowest BCUT2D eigenvalue weighted by atomic mass is 10.2. The highest BCUT2D eigenvalue weighted by Crippen LogP contribution is 2.22.